The second kappa shape index (κ2) is 6.31. The summed E-state index contributed by atoms with van der Waals surface area (Å²) in [6.45, 7) is 0. The smallest absolute Gasteiger partial charge is 0.338 e. The van der Waals surface area contributed by atoms with Crippen LogP contribution in [0.1, 0.15) is 52.4 Å². The lowest BCUT2D eigenvalue weighted by atomic mass is 9.96. The fourth-order valence-electron chi connectivity index (χ4n) is 4.18. The van der Waals surface area contributed by atoms with Gasteiger partial charge in [0.05, 0.1) is 36.7 Å². The summed E-state index contributed by atoms with van der Waals surface area (Å²) in [5.74, 6) is -0.563. The Morgan fingerprint density at radius 1 is 1.00 bits per heavy atom. The van der Waals surface area contributed by atoms with Crippen molar-refractivity contribution in [3.63, 3.8) is 0 Å². The number of methoxy groups -OCH3 is 1. The molecule has 0 aliphatic carbocycles. The molecule has 2 aromatic rings. The highest BCUT2D eigenvalue weighted by molar-refractivity contribution is 6.05. The fourth-order valence-corrected chi connectivity index (χ4v) is 4.18. The Hall–Kier alpha value is -2.70. The molecular weight excluding hydrogens is 320 g/mol. The third-order valence-corrected chi connectivity index (χ3v) is 5.27. The lowest BCUT2D eigenvalue weighted by Crippen LogP contribution is -2.47. The van der Waals surface area contributed by atoms with Crippen LogP contribution in [0.2, 0.25) is 0 Å². The molecule has 2 bridgehead atoms. The summed E-state index contributed by atoms with van der Waals surface area (Å²) >= 11 is 0. The van der Waals surface area contributed by atoms with E-state index in [1.807, 2.05) is 4.90 Å². The topological polar surface area (TPSA) is 77.3 Å². The number of amides is 1. The SMILES string of the molecule is COC(=O)c1ccccc1C(=O)N1C2CCC1CC(n1nccn1)C2. The van der Waals surface area contributed by atoms with Crippen molar-refractivity contribution in [2.45, 2.75) is 43.8 Å². The van der Waals surface area contributed by atoms with Crippen LogP contribution >= 0.6 is 0 Å². The molecule has 2 aliphatic rings. The van der Waals surface area contributed by atoms with Crippen LogP contribution < -0.4 is 0 Å². The number of carbonyl (C=O) groups excluding carboxylic acids is 2. The van der Waals surface area contributed by atoms with Gasteiger partial charge in [-0.05, 0) is 37.8 Å². The number of aromatic nitrogens is 3. The molecule has 7 heteroatoms. The van der Waals surface area contributed by atoms with Crippen LogP contribution in [0.15, 0.2) is 36.7 Å². The molecule has 2 unspecified atom stereocenters. The Morgan fingerprint density at radius 3 is 2.20 bits per heavy atom. The second-order valence-corrected chi connectivity index (χ2v) is 6.61. The van der Waals surface area contributed by atoms with Gasteiger partial charge in [0.25, 0.3) is 5.91 Å². The Labute approximate surface area is 145 Å². The van der Waals surface area contributed by atoms with Crippen LogP contribution in [0, 0.1) is 0 Å². The monoisotopic (exact) mass is 340 g/mol. The molecule has 0 spiro atoms. The number of hydrogen-bond donors (Lipinski definition) is 0. The quantitative estimate of drug-likeness (QED) is 0.800. The van der Waals surface area contributed by atoms with Crippen LogP contribution in [0.5, 0.6) is 0 Å². The number of piperidine rings is 1. The van der Waals surface area contributed by atoms with Gasteiger partial charge in [-0.15, -0.1) is 0 Å². The number of nitrogens with zero attached hydrogens (tertiary/aromatic N) is 4. The normalized spacial score (nSPS) is 25.0. The first-order chi connectivity index (χ1) is 12.2. The van der Waals surface area contributed by atoms with Crippen molar-refractivity contribution in [2.24, 2.45) is 0 Å². The van der Waals surface area contributed by atoms with Gasteiger partial charge in [-0.1, -0.05) is 12.1 Å². The first kappa shape index (κ1) is 15.8. The van der Waals surface area contributed by atoms with Gasteiger partial charge in [0.1, 0.15) is 0 Å². The van der Waals surface area contributed by atoms with E-state index in [0.717, 1.165) is 25.7 Å². The van der Waals surface area contributed by atoms with Crippen molar-refractivity contribution in [3.8, 4) is 0 Å². The molecule has 1 aromatic carbocycles. The average molecular weight is 340 g/mol. The zero-order chi connectivity index (χ0) is 17.4. The molecule has 0 radical (unpaired) electrons. The molecule has 2 fully saturated rings. The maximum Gasteiger partial charge on any atom is 0.338 e. The Morgan fingerprint density at radius 2 is 1.60 bits per heavy atom. The number of rotatable bonds is 3. The van der Waals surface area contributed by atoms with E-state index < -0.39 is 5.97 Å². The molecule has 130 valence electrons. The van der Waals surface area contributed by atoms with Crippen molar-refractivity contribution in [2.75, 3.05) is 7.11 Å². The zero-order valence-electron chi connectivity index (χ0n) is 14.0. The van der Waals surface area contributed by atoms with E-state index in [1.165, 1.54) is 7.11 Å². The van der Waals surface area contributed by atoms with Gasteiger partial charge in [0, 0.05) is 12.1 Å². The summed E-state index contributed by atoms with van der Waals surface area (Å²) < 4.78 is 4.82. The minimum Gasteiger partial charge on any atom is -0.465 e. The largest absolute Gasteiger partial charge is 0.465 e. The summed E-state index contributed by atoms with van der Waals surface area (Å²) in [5, 5.41) is 8.51. The van der Waals surface area contributed by atoms with Crippen LogP contribution in [-0.4, -0.2) is 51.0 Å². The minimum atomic E-state index is -0.480. The van der Waals surface area contributed by atoms with Gasteiger partial charge in [-0.25, -0.2) is 4.79 Å². The number of carbonyl (C=O) groups is 2. The summed E-state index contributed by atoms with van der Waals surface area (Å²) in [7, 11) is 1.33. The summed E-state index contributed by atoms with van der Waals surface area (Å²) in [4.78, 5) is 28.9. The zero-order valence-corrected chi connectivity index (χ0v) is 14.0. The van der Waals surface area contributed by atoms with Gasteiger partial charge < -0.3 is 9.64 Å². The molecule has 25 heavy (non-hydrogen) atoms. The maximum absolute atomic E-state index is 13.2. The van der Waals surface area contributed by atoms with Crippen LogP contribution in [-0.2, 0) is 4.74 Å². The van der Waals surface area contributed by atoms with Crippen LogP contribution in [0.4, 0.5) is 0 Å². The first-order valence-corrected chi connectivity index (χ1v) is 8.55. The van der Waals surface area contributed by atoms with Gasteiger partial charge in [0.2, 0.25) is 0 Å². The number of fused-ring (bicyclic) bond motifs is 2. The van der Waals surface area contributed by atoms with E-state index in [1.54, 1.807) is 41.5 Å². The number of esters is 1. The Balaban J connectivity index is 1.60. The van der Waals surface area contributed by atoms with E-state index in [-0.39, 0.29) is 24.0 Å². The minimum absolute atomic E-state index is 0.0830. The van der Waals surface area contributed by atoms with Crippen molar-refractivity contribution in [3.05, 3.63) is 47.8 Å². The molecule has 2 atom stereocenters. The van der Waals surface area contributed by atoms with E-state index >= 15 is 0 Å². The Bertz CT molecular complexity index is 775. The molecule has 1 aromatic heterocycles. The Kier molecular flexibility index (Phi) is 3.99. The van der Waals surface area contributed by atoms with Gasteiger partial charge in [0.15, 0.2) is 0 Å². The van der Waals surface area contributed by atoms with Crippen molar-refractivity contribution in [1.29, 1.82) is 0 Å². The molecular formula is C18H20N4O3. The highest BCUT2D eigenvalue weighted by Gasteiger charge is 2.45. The van der Waals surface area contributed by atoms with Gasteiger partial charge >= 0.3 is 5.97 Å². The molecule has 7 nitrogen and oxygen atoms in total. The summed E-state index contributed by atoms with van der Waals surface area (Å²) in [5.41, 5.74) is 0.743. The van der Waals surface area contributed by atoms with Crippen molar-refractivity contribution >= 4 is 11.9 Å². The first-order valence-electron chi connectivity index (χ1n) is 8.55. The highest BCUT2D eigenvalue weighted by Crippen LogP contribution is 2.41. The van der Waals surface area contributed by atoms with Gasteiger partial charge in [-0.2, -0.15) is 15.0 Å². The van der Waals surface area contributed by atoms with Crippen LogP contribution in [0.25, 0.3) is 0 Å². The van der Waals surface area contributed by atoms with E-state index in [4.69, 9.17) is 4.74 Å². The molecule has 4 rings (SSSR count). The summed E-state index contributed by atoms with van der Waals surface area (Å²) in [6, 6.07) is 7.42. The molecule has 3 heterocycles. The van der Waals surface area contributed by atoms with Gasteiger partial charge in [-0.3, -0.25) is 4.79 Å². The van der Waals surface area contributed by atoms with E-state index in [2.05, 4.69) is 10.2 Å². The molecule has 1 amide bonds. The number of benzene rings is 1. The van der Waals surface area contributed by atoms with E-state index in [9.17, 15) is 9.59 Å². The standard InChI is InChI=1S/C18H20N4O3/c1-25-18(24)16-5-3-2-4-15(16)17(23)21-12-6-7-13(21)11-14(10-12)22-19-8-9-20-22/h2-5,8-9,12-14H,6-7,10-11H2,1H3. The molecule has 2 aliphatic heterocycles. The molecule has 0 saturated carbocycles. The second-order valence-electron chi connectivity index (χ2n) is 6.61. The lowest BCUT2D eigenvalue weighted by Gasteiger charge is -2.38. The third kappa shape index (κ3) is 2.69. The van der Waals surface area contributed by atoms with E-state index in [0.29, 0.717) is 11.1 Å². The molecule has 0 N–H and O–H groups in total. The average Bonchev–Trinajstić information content (AvgIpc) is 3.27. The number of ether oxygens (including phenoxy) is 1. The summed E-state index contributed by atoms with van der Waals surface area (Å²) in [6.07, 6.45) is 7.02. The number of hydrogen-bond acceptors (Lipinski definition) is 5. The maximum atomic E-state index is 13.2. The molecule has 2 saturated heterocycles. The third-order valence-electron chi connectivity index (χ3n) is 5.27. The highest BCUT2D eigenvalue weighted by atomic mass is 16.5. The van der Waals surface area contributed by atoms with Crippen molar-refractivity contribution in [1.82, 2.24) is 19.9 Å². The lowest BCUT2D eigenvalue weighted by molar-refractivity contribution is 0.0495. The van der Waals surface area contributed by atoms with Crippen LogP contribution in [0.3, 0.4) is 0 Å². The van der Waals surface area contributed by atoms with Crippen molar-refractivity contribution < 1.29 is 14.3 Å². The predicted octanol–water partition coefficient (Wildman–Crippen LogP) is 2.07. The predicted molar refractivity (Wildman–Crippen MR) is 89.1 cm³/mol. The fraction of sp³-hybridized carbons (Fsp3) is 0.444.